The van der Waals surface area contributed by atoms with E-state index in [2.05, 4.69) is 9.88 Å². The van der Waals surface area contributed by atoms with Crippen LogP contribution in [0.2, 0.25) is 0 Å². The predicted molar refractivity (Wildman–Crippen MR) is 149 cm³/mol. The molecule has 0 atom stereocenters. The van der Waals surface area contributed by atoms with Gasteiger partial charge in [0.25, 0.3) is 5.56 Å². The van der Waals surface area contributed by atoms with E-state index in [1.807, 2.05) is 73.1 Å². The number of fused-ring (bicyclic) bond motifs is 1. The van der Waals surface area contributed by atoms with Gasteiger partial charge in [-0.15, -0.1) is 12.4 Å². The Morgan fingerprint density at radius 2 is 1.66 bits per heavy atom. The van der Waals surface area contributed by atoms with Gasteiger partial charge in [0.2, 0.25) is 5.78 Å². The van der Waals surface area contributed by atoms with Crippen molar-refractivity contribution in [2.24, 2.45) is 0 Å². The summed E-state index contributed by atoms with van der Waals surface area (Å²) >= 11 is 0. The zero-order valence-electron chi connectivity index (χ0n) is 21.8. The largest absolute Gasteiger partial charge is 0.492 e. The Balaban J connectivity index is 0.00000336. The van der Waals surface area contributed by atoms with E-state index in [1.54, 1.807) is 10.6 Å². The van der Waals surface area contributed by atoms with Crippen LogP contribution in [0, 0.1) is 6.92 Å². The molecule has 3 heterocycles. The SMILES string of the molecule is CCc1c(C)nc2n(Cc3ccc(C(=O)c4ccc(OCCN5CCOCC5)cc4)cc3)ccn2c1=O.Cl. The molecule has 1 aliphatic heterocycles. The molecule has 5 rings (SSSR count). The fourth-order valence-corrected chi connectivity index (χ4v) is 4.69. The molecule has 0 amide bonds. The summed E-state index contributed by atoms with van der Waals surface area (Å²) in [5.74, 6) is 1.34. The van der Waals surface area contributed by atoms with Crippen LogP contribution < -0.4 is 10.3 Å². The second-order valence-corrected chi connectivity index (χ2v) is 9.28. The Labute approximate surface area is 228 Å². The van der Waals surface area contributed by atoms with Crippen molar-refractivity contribution in [2.75, 3.05) is 39.5 Å². The molecule has 0 bridgehead atoms. The van der Waals surface area contributed by atoms with Crippen LogP contribution in [0.4, 0.5) is 0 Å². The first kappa shape index (κ1) is 27.6. The number of hydrogen-bond donors (Lipinski definition) is 0. The average molecular weight is 537 g/mol. The fraction of sp³-hybridized carbons (Fsp3) is 0.345. The summed E-state index contributed by atoms with van der Waals surface area (Å²) in [5.41, 5.74) is 3.76. The van der Waals surface area contributed by atoms with Crippen LogP contribution in [0.15, 0.2) is 65.7 Å². The minimum Gasteiger partial charge on any atom is -0.492 e. The van der Waals surface area contributed by atoms with Crippen LogP contribution in [-0.2, 0) is 17.7 Å². The van der Waals surface area contributed by atoms with Gasteiger partial charge < -0.3 is 14.0 Å². The van der Waals surface area contributed by atoms with Gasteiger partial charge >= 0.3 is 0 Å². The number of halogens is 1. The molecular weight excluding hydrogens is 504 g/mol. The topological polar surface area (TPSA) is 78.1 Å². The third-order valence-electron chi connectivity index (χ3n) is 6.87. The number of benzene rings is 2. The van der Waals surface area contributed by atoms with Crippen molar-refractivity contribution in [3.63, 3.8) is 0 Å². The maximum Gasteiger partial charge on any atom is 0.262 e. The van der Waals surface area contributed by atoms with Gasteiger partial charge in [0.15, 0.2) is 5.78 Å². The first-order valence-electron chi connectivity index (χ1n) is 12.8. The zero-order chi connectivity index (χ0) is 25.8. The van der Waals surface area contributed by atoms with Gasteiger partial charge in [-0.1, -0.05) is 31.2 Å². The standard InChI is InChI=1S/C29H32N4O4.ClH/c1-3-26-21(2)30-29-32(12-13-33(29)28(26)35)20-22-4-6-23(7-5-22)27(34)24-8-10-25(11-9-24)37-19-16-31-14-17-36-18-15-31;/h4-13H,3,14-20H2,1-2H3;1H. The minimum atomic E-state index is -0.0335. The van der Waals surface area contributed by atoms with Gasteiger partial charge in [-0.05, 0) is 43.2 Å². The summed E-state index contributed by atoms with van der Waals surface area (Å²) in [4.78, 5) is 32.7. The molecule has 1 saturated heterocycles. The molecule has 0 radical (unpaired) electrons. The number of rotatable bonds is 9. The first-order valence-corrected chi connectivity index (χ1v) is 12.8. The maximum atomic E-state index is 13.0. The van der Waals surface area contributed by atoms with E-state index in [9.17, 15) is 9.59 Å². The Morgan fingerprint density at radius 3 is 2.32 bits per heavy atom. The second kappa shape index (κ2) is 12.4. The molecule has 2 aromatic carbocycles. The monoisotopic (exact) mass is 536 g/mol. The molecule has 200 valence electrons. The van der Waals surface area contributed by atoms with Crippen LogP contribution in [0.5, 0.6) is 5.75 Å². The number of hydrogen-bond acceptors (Lipinski definition) is 6. The molecular formula is C29H33ClN4O4. The van der Waals surface area contributed by atoms with Crippen molar-refractivity contribution >= 4 is 24.0 Å². The van der Waals surface area contributed by atoms with Gasteiger partial charge in [0, 0.05) is 54.4 Å². The molecule has 1 aliphatic rings. The predicted octanol–water partition coefficient (Wildman–Crippen LogP) is 3.78. The van der Waals surface area contributed by atoms with Crippen molar-refractivity contribution in [3.8, 4) is 5.75 Å². The summed E-state index contributed by atoms with van der Waals surface area (Å²) in [7, 11) is 0. The molecule has 0 N–H and O–H groups in total. The first-order chi connectivity index (χ1) is 18.0. The van der Waals surface area contributed by atoms with Gasteiger partial charge in [-0.3, -0.25) is 18.9 Å². The molecule has 0 unspecified atom stereocenters. The molecule has 8 nitrogen and oxygen atoms in total. The molecule has 0 saturated carbocycles. The van der Waals surface area contributed by atoms with Crippen molar-refractivity contribution in [1.29, 1.82) is 0 Å². The summed E-state index contributed by atoms with van der Waals surface area (Å²) in [5, 5.41) is 0. The highest BCUT2D eigenvalue weighted by molar-refractivity contribution is 6.09. The lowest BCUT2D eigenvalue weighted by Gasteiger charge is -2.26. The number of imidazole rings is 1. The molecule has 0 spiro atoms. The van der Waals surface area contributed by atoms with E-state index in [0.717, 1.165) is 55.4 Å². The lowest BCUT2D eigenvalue weighted by atomic mass is 10.0. The highest BCUT2D eigenvalue weighted by Gasteiger charge is 2.13. The quantitative estimate of drug-likeness (QED) is 0.303. The molecule has 4 aromatic rings. The highest BCUT2D eigenvalue weighted by Crippen LogP contribution is 2.17. The molecule has 2 aromatic heterocycles. The van der Waals surface area contributed by atoms with Crippen molar-refractivity contribution in [2.45, 2.75) is 26.8 Å². The van der Waals surface area contributed by atoms with E-state index in [0.29, 0.717) is 36.5 Å². The summed E-state index contributed by atoms with van der Waals surface area (Å²) < 4.78 is 14.8. The van der Waals surface area contributed by atoms with Gasteiger partial charge in [0.1, 0.15) is 12.4 Å². The highest BCUT2D eigenvalue weighted by atomic mass is 35.5. The number of ether oxygens (including phenoxy) is 2. The van der Waals surface area contributed by atoms with E-state index in [4.69, 9.17) is 9.47 Å². The third kappa shape index (κ3) is 5.99. The van der Waals surface area contributed by atoms with Gasteiger partial charge in [-0.25, -0.2) is 4.98 Å². The van der Waals surface area contributed by atoms with Crippen molar-refractivity contribution in [3.05, 3.63) is 99.2 Å². The normalized spacial score (nSPS) is 13.8. The third-order valence-corrected chi connectivity index (χ3v) is 6.87. The van der Waals surface area contributed by atoms with E-state index in [1.165, 1.54) is 0 Å². The Bertz CT molecular complexity index is 1440. The lowest BCUT2D eigenvalue weighted by Crippen LogP contribution is -2.38. The summed E-state index contributed by atoms with van der Waals surface area (Å²) in [6, 6.07) is 14.9. The van der Waals surface area contributed by atoms with Crippen molar-refractivity contribution in [1.82, 2.24) is 18.9 Å². The average Bonchev–Trinajstić information content (AvgIpc) is 3.32. The maximum absolute atomic E-state index is 13.0. The number of carbonyl (C=O) groups excluding carboxylic acids is 1. The van der Waals surface area contributed by atoms with Gasteiger partial charge in [-0.2, -0.15) is 0 Å². The number of aromatic nitrogens is 3. The number of ketones is 1. The smallest absolute Gasteiger partial charge is 0.262 e. The van der Waals surface area contributed by atoms with E-state index >= 15 is 0 Å². The summed E-state index contributed by atoms with van der Waals surface area (Å²) in [6.45, 7) is 9.30. The van der Waals surface area contributed by atoms with Gasteiger partial charge in [0.05, 0.1) is 19.8 Å². The Hall–Kier alpha value is -3.46. The second-order valence-electron chi connectivity index (χ2n) is 9.28. The van der Waals surface area contributed by atoms with Crippen molar-refractivity contribution < 1.29 is 14.3 Å². The number of nitrogens with zero attached hydrogens (tertiary/aromatic N) is 4. The summed E-state index contributed by atoms with van der Waals surface area (Å²) in [6.07, 6.45) is 4.29. The van der Waals surface area contributed by atoms with Crippen LogP contribution >= 0.6 is 12.4 Å². The molecule has 38 heavy (non-hydrogen) atoms. The molecule has 1 fully saturated rings. The van der Waals surface area contributed by atoms with Crippen LogP contribution in [0.3, 0.4) is 0 Å². The molecule has 9 heteroatoms. The minimum absolute atomic E-state index is 0. The molecule has 0 aliphatic carbocycles. The van der Waals surface area contributed by atoms with E-state index in [-0.39, 0.29) is 23.7 Å². The number of carbonyl (C=O) groups is 1. The lowest BCUT2D eigenvalue weighted by molar-refractivity contribution is 0.0322. The zero-order valence-corrected chi connectivity index (χ0v) is 22.6. The van der Waals surface area contributed by atoms with Crippen LogP contribution in [-0.4, -0.2) is 64.1 Å². The number of morpholine rings is 1. The fourth-order valence-electron chi connectivity index (χ4n) is 4.69. The van der Waals surface area contributed by atoms with Crippen LogP contribution in [0.25, 0.3) is 5.78 Å². The van der Waals surface area contributed by atoms with E-state index < -0.39 is 0 Å². The van der Waals surface area contributed by atoms with Crippen LogP contribution in [0.1, 0.15) is 39.7 Å². The Kier molecular flexibility index (Phi) is 8.99. The number of aryl methyl sites for hydroxylation is 1. The Morgan fingerprint density at radius 1 is 1.00 bits per heavy atom.